The monoisotopic (exact) mass is 437 g/mol. The molecule has 4 aromatic rings. The molecular weight excluding hydrogens is 418 g/mol. The molecule has 1 amide bonds. The molecule has 158 valence electrons. The van der Waals surface area contributed by atoms with Crippen LogP contribution >= 0.6 is 0 Å². The maximum Gasteiger partial charge on any atom is 0.289 e. The molecule has 31 heavy (non-hydrogen) atoms. The zero-order valence-electron chi connectivity index (χ0n) is 16.8. The van der Waals surface area contributed by atoms with Crippen LogP contribution in [0.2, 0.25) is 0 Å². The fourth-order valence-electron chi connectivity index (χ4n) is 3.20. The molecule has 4 rings (SSSR count). The molecule has 0 bridgehead atoms. The number of oxazole rings is 1. The first-order valence-electron chi connectivity index (χ1n) is 9.43. The van der Waals surface area contributed by atoms with Gasteiger partial charge in [0, 0.05) is 24.1 Å². The Balaban J connectivity index is 1.67. The minimum atomic E-state index is -3.91. The second kappa shape index (κ2) is 7.84. The number of nitrogens with one attached hydrogen (secondary N) is 1. The Hall–Kier alpha value is -3.72. The van der Waals surface area contributed by atoms with Crippen molar-refractivity contribution in [2.75, 3.05) is 6.54 Å². The van der Waals surface area contributed by atoms with Crippen LogP contribution in [0.25, 0.3) is 10.9 Å². The molecule has 2 aromatic carbocycles. The number of rotatable bonds is 6. The third kappa shape index (κ3) is 3.87. The predicted molar refractivity (Wildman–Crippen MR) is 114 cm³/mol. The molecule has 0 aliphatic heterocycles. The van der Waals surface area contributed by atoms with E-state index < -0.39 is 21.7 Å². The van der Waals surface area contributed by atoms with Crippen LogP contribution in [0.3, 0.4) is 0 Å². The van der Waals surface area contributed by atoms with Gasteiger partial charge in [-0.05, 0) is 25.1 Å². The van der Waals surface area contributed by atoms with Gasteiger partial charge in [-0.1, -0.05) is 35.9 Å². The van der Waals surface area contributed by atoms with Gasteiger partial charge in [0.2, 0.25) is 5.76 Å². The number of hydrogen-bond donors (Lipinski definition) is 1. The third-order valence-corrected chi connectivity index (χ3v) is 6.50. The Morgan fingerprint density at radius 3 is 2.45 bits per heavy atom. The van der Waals surface area contributed by atoms with Gasteiger partial charge >= 0.3 is 0 Å². The van der Waals surface area contributed by atoms with Gasteiger partial charge in [-0.25, -0.2) is 17.4 Å². The van der Waals surface area contributed by atoms with Crippen LogP contribution < -0.4 is 5.32 Å². The van der Waals surface area contributed by atoms with Gasteiger partial charge in [0.25, 0.3) is 15.9 Å². The summed E-state index contributed by atoms with van der Waals surface area (Å²) in [5.74, 6) is -0.681. The molecule has 0 spiro atoms. The summed E-state index contributed by atoms with van der Waals surface area (Å²) in [7, 11) is -3.91. The number of Topliss-reactive ketones (excluding diaryl/α,β-unsaturated/α-hetero) is 1. The van der Waals surface area contributed by atoms with Crippen molar-refractivity contribution in [2.24, 2.45) is 0 Å². The van der Waals surface area contributed by atoms with Gasteiger partial charge in [-0.3, -0.25) is 9.59 Å². The number of benzene rings is 2. The largest absolute Gasteiger partial charge is 0.436 e. The van der Waals surface area contributed by atoms with Crippen molar-refractivity contribution in [3.63, 3.8) is 0 Å². The second-order valence-corrected chi connectivity index (χ2v) is 8.84. The number of nitrogens with zero attached hydrogens (tertiary/aromatic N) is 2. The number of aromatic nitrogens is 2. The van der Waals surface area contributed by atoms with Crippen LogP contribution in [0.5, 0.6) is 0 Å². The van der Waals surface area contributed by atoms with Gasteiger partial charge in [0.1, 0.15) is 0 Å². The van der Waals surface area contributed by atoms with E-state index in [1.54, 1.807) is 43.3 Å². The number of fused-ring (bicyclic) bond motifs is 1. The molecular formula is C22H19N3O5S. The van der Waals surface area contributed by atoms with E-state index in [0.717, 1.165) is 9.54 Å². The Labute approximate surface area is 178 Å². The Morgan fingerprint density at radius 1 is 1.06 bits per heavy atom. The Kier molecular flexibility index (Phi) is 5.20. The van der Waals surface area contributed by atoms with E-state index in [1.165, 1.54) is 24.5 Å². The van der Waals surface area contributed by atoms with Gasteiger partial charge in [0.05, 0.1) is 23.2 Å². The third-order valence-electron chi connectivity index (χ3n) is 4.81. The van der Waals surface area contributed by atoms with Gasteiger partial charge in [-0.2, -0.15) is 0 Å². The zero-order valence-corrected chi connectivity index (χ0v) is 17.6. The van der Waals surface area contributed by atoms with Gasteiger partial charge < -0.3 is 9.73 Å². The number of ketones is 1. The van der Waals surface area contributed by atoms with Crippen molar-refractivity contribution in [3.05, 3.63) is 83.7 Å². The molecule has 2 heterocycles. The lowest BCUT2D eigenvalue weighted by molar-refractivity contribution is 0.0885. The smallest absolute Gasteiger partial charge is 0.289 e. The highest BCUT2D eigenvalue weighted by Gasteiger charge is 2.24. The quantitative estimate of drug-likeness (QED) is 0.464. The van der Waals surface area contributed by atoms with E-state index in [1.807, 2.05) is 6.92 Å². The first kappa shape index (κ1) is 20.5. The first-order chi connectivity index (χ1) is 14.8. The standard InChI is InChI=1S/C22H19N3O5S/c1-14-7-9-16(10-8-14)31(28,29)25-13-18(17-5-3-4-6-19(17)25)20(26)11-24-22(27)21-12-23-15(2)30-21/h3-10,12-13H,11H2,1-2H3,(H,24,27). The van der Waals surface area contributed by atoms with Crippen LogP contribution in [0, 0.1) is 13.8 Å². The number of carbonyl (C=O) groups is 2. The number of carbonyl (C=O) groups excluding carboxylic acids is 2. The normalized spacial score (nSPS) is 11.5. The summed E-state index contributed by atoms with van der Waals surface area (Å²) >= 11 is 0. The molecule has 0 atom stereocenters. The van der Waals surface area contributed by atoms with Crippen molar-refractivity contribution in [1.29, 1.82) is 0 Å². The fraction of sp³-hybridized carbons (Fsp3) is 0.136. The van der Waals surface area contributed by atoms with Crippen LogP contribution in [-0.2, 0) is 10.0 Å². The molecule has 0 unspecified atom stereocenters. The van der Waals surface area contributed by atoms with E-state index in [2.05, 4.69) is 10.3 Å². The highest BCUT2D eigenvalue weighted by atomic mass is 32.2. The van der Waals surface area contributed by atoms with E-state index in [4.69, 9.17) is 4.42 Å². The SMILES string of the molecule is Cc1ccc(S(=O)(=O)n2cc(C(=O)CNC(=O)c3cnc(C)o3)c3ccccc32)cc1. The van der Waals surface area contributed by atoms with Crippen LogP contribution in [0.15, 0.2) is 70.2 Å². The molecule has 0 saturated carbocycles. The number of hydrogen-bond acceptors (Lipinski definition) is 6. The van der Waals surface area contributed by atoms with Crippen molar-refractivity contribution < 1.29 is 22.4 Å². The number of amides is 1. The number of aryl methyl sites for hydroxylation is 2. The van der Waals surface area contributed by atoms with Crippen LogP contribution in [0.1, 0.15) is 32.4 Å². The minimum Gasteiger partial charge on any atom is -0.436 e. The van der Waals surface area contributed by atoms with E-state index >= 15 is 0 Å². The molecule has 0 fully saturated rings. The molecule has 8 nitrogen and oxygen atoms in total. The maximum absolute atomic E-state index is 13.2. The minimum absolute atomic E-state index is 0.00493. The van der Waals surface area contributed by atoms with Crippen LogP contribution in [-0.4, -0.2) is 35.6 Å². The van der Waals surface area contributed by atoms with Crippen LogP contribution in [0.4, 0.5) is 0 Å². The van der Waals surface area contributed by atoms with E-state index in [9.17, 15) is 18.0 Å². The topological polar surface area (TPSA) is 111 Å². The van der Waals surface area contributed by atoms with E-state index in [0.29, 0.717) is 16.8 Å². The number of para-hydroxylation sites is 1. The average molecular weight is 437 g/mol. The summed E-state index contributed by atoms with van der Waals surface area (Å²) in [6.07, 6.45) is 2.57. The summed E-state index contributed by atoms with van der Waals surface area (Å²) in [5, 5.41) is 2.96. The summed E-state index contributed by atoms with van der Waals surface area (Å²) in [6.45, 7) is 3.15. The fourth-order valence-corrected chi connectivity index (χ4v) is 4.57. The van der Waals surface area contributed by atoms with Gasteiger partial charge in [-0.15, -0.1) is 0 Å². The van der Waals surface area contributed by atoms with Crippen molar-refractivity contribution >= 4 is 32.6 Å². The highest BCUT2D eigenvalue weighted by Crippen LogP contribution is 2.26. The van der Waals surface area contributed by atoms with Crippen molar-refractivity contribution in [3.8, 4) is 0 Å². The second-order valence-electron chi connectivity index (χ2n) is 7.02. The molecule has 9 heteroatoms. The lowest BCUT2D eigenvalue weighted by Gasteiger charge is -2.07. The predicted octanol–water partition coefficient (Wildman–Crippen LogP) is 3.10. The molecule has 0 aliphatic rings. The molecule has 0 saturated heterocycles. The lowest BCUT2D eigenvalue weighted by atomic mass is 10.1. The lowest BCUT2D eigenvalue weighted by Crippen LogP contribution is -2.29. The molecule has 1 N–H and O–H groups in total. The Morgan fingerprint density at radius 2 is 1.77 bits per heavy atom. The summed E-state index contributed by atoms with van der Waals surface area (Å²) < 4.78 is 32.7. The van der Waals surface area contributed by atoms with E-state index in [-0.39, 0.29) is 22.8 Å². The average Bonchev–Trinajstić information content (AvgIpc) is 3.36. The zero-order chi connectivity index (χ0) is 22.2. The van der Waals surface area contributed by atoms with Crippen molar-refractivity contribution in [2.45, 2.75) is 18.7 Å². The highest BCUT2D eigenvalue weighted by molar-refractivity contribution is 7.90. The van der Waals surface area contributed by atoms with Crippen molar-refractivity contribution in [1.82, 2.24) is 14.3 Å². The maximum atomic E-state index is 13.2. The summed E-state index contributed by atoms with van der Waals surface area (Å²) in [4.78, 5) is 29.0. The summed E-state index contributed by atoms with van der Waals surface area (Å²) in [6, 6.07) is 13.2. The molecule has 0 radical (unpaired) electrons. The Bertz CT molecular complexity index is 1400. The molecule has 0 aliphatic carbocycles. The summed E-state index contributed by atoms with van der Waals surface area (Å²) in [5.41, 5.74) is 1.51. The first-order valence-corrected chi connectivity index (χ1v) is 10.9. The molecule has 2 aromatic heterocycles. The van der Waals surface area contributed by atoms with Gasteiger partial charge in [0.15, 0.2) is 11.7 Å².